The predicted molar refractivity (Wildman–Crippen MR) is 114 cm³/mol. The molecule has 2 N–H and O–H groups in total. The smallest absolute Gasteiger partial charge is 0.255 e. The SMILES string of the molecule is Cn1nccc1-c1cc(NC(=O)c2ccc(F)c(F)c2)ccc1OCCC1CCCN1. The molecule has 4 rings (SSSR count). The second-order valence-electron chi connectivity index (χ2n) is 7.56. The highest BCUT2D eigenvalue weighted by atomic mass is 19.2. The van der Waals surface area contributed by atoms with Crippen molar-refractivity contribution in [2.45, 2.75) is 25.3 Å². The van der Waals surface area contributed by atoms with Crippen LogP contribution in [0.15, 0.2) is 48.7 Å². The number of carbonyl (C=O) groups is 1. The molecular weight excluding hydrogens is 402 g/mol. The van der Waals surface area contributed by atoms with Crippen molar-refractivity contribution in [1.29, 1.82) is 0 Å². The molecular formula is C23H24F2N4O2. The molecule has 8 heteroatoms. The van der Waals surface area contributed by atoms with Gasteiger partial charge >= 0.3 is 0 Å². The molecule has 0 radical (unpaired) electrons. The van der Waals surface area contributed by atoms with E-state index in [2.05, 4.69) is 15.7 Å². The number of hydrogen-bond donors (Lipinski definition) is 2. The summed E-state index contributed by atoms with van der Waals surface area (Å²) < 4.78 is 34.4. The van der Waals surface area contributed by atoms with Crippen LogP contribution in [0.5, 0.6) is 5.75 Å². The average molecular weight is 426 g/mol. The maximum absolute atomic E-state index is 13.5. The van der Waals surface area contributed by atoms with Gasteiger partial charge in [-0.15, -0.1) is 0 Å². The number of aromatic nitrogens is 2. The summed E-state index contributed by atoms with van der Waals surface area (Å²) >= 11 is 0. The maximum Gasteiger partial charge on any atom is 0.255 e. The molecule has 1 unspecified atom stereocenters. The highest BCUT2D eigenvalue weighted by Gasteiger charge is 2.17. The van der Waals surface area contributed by atoms with E-state index in [1.165, 1.54) is 12.5 Å². The van der Waals surface area contributed by atoms with E-state index in [0.29, 0.717) is 24.1 Å². The van der Waals surface area contributed by atoms with Crippen molar-refractivity contribution in [3.8, 4) is 17.0 Å². The standard InChI is InChI=1S/C23H24F2N4O2/c1-29-21(8-11-27-29)18-14-17(28-23(30)15-4-6-19(24)20(25)13-15)5-7-22(18)31-12-9-16-3-2-10-26-16/h4-8,11,13-14,16,26H,2-3,9-10,12H2,1H3,(H,28,30). The van der Waals surface area contributed by atoms with Crippen LogP contribution in [0.4, 0.5) is 14.5 Å². The van der Waals surface area contributed by atoms with Crippen LogP contribution in [0.3, 0.4) is 0 Å². The molecule has 3 aromatic rings. The van der Waals surface area contributed by atoms with Gasteiger partial charge in [0.25, 0.3) is 5.91 Å². The quantitative estimate of drug-likeness (QED) is 0.596. The van der Waals surface area contributed by atoms with Crippen LogP contribution in [-0.2, 0) is 7.05 Å². The Kier molecular flexibility index (Phi) is 6.27. The highest BCUT2D eigenvalue weighted by Crippen LogP contribution is 2.33. The van der Waals surface area contributed by atoms with Gasteiger partial charge in [0.1, 0.15) is 5.75 Å². The molecule has 31 heavy (non-hydrogen) atoms. The van der Waals surface area contributed by atoms with Crippen molar-refractivity contribution in [2.24, 2.45) is 7.05 Å². The van der Waals surface area contributed by atoms with Gasteiger partial charge in [0.15, 0.2) is 11.6 Å². The lowest BCUT2D eigenvalue weighted by molar-refractivity contribution is 0.102. The minimum absolute atomic E-state index is 0.0328. The third-order valence-electron chi connectivity index (χ3n) is 5.40. The number of nitrogens with one attached hydrogen (secondary N) is 2. The Morgan fingerprint density at radius 1 is 1.23 bits per heavy atom. The van der Waals surface area contributed by atoms with E-state index in [0.717, 1.165) is 42.8 Å². The van der Waals surface area contributed by atoms with Gasteiger partial charge in [-0.05, 0) is 68.3 Å². The van der Waals surface area contributed by atoms with Gasteiger partial charge in [-0.25, -0.2) is 8.78 Å². The molecule has 2 aromatic carbocycles. The van der Waals surface area contributed by atoms with E-state index in [1.54, 1.807) is 29.1 Å². The number of benzene rings is 2. The second-order valence-corrected chi connectivity index (χ2v) is 7.56. The van der Waals surface area contributed by atoms with E-state index in [4.69, 9.17) is 4.74 Å². The van der Waals surface area contributed by atoms with Crippen molar-refractivity contribution in [3.05, 3.63) is 65.9 Å². The summed E-state index contributed by atoms with van der Waals surface area (Å²) in [5.41, 5.74) is 2.15. The Hall–Kier alpha value is -3.26. The van der Waals surface area contributed by atoms with Gasteiger partial charge in [-0.1, -0.05) is 0 Å². The molecule has 1 saturated heterocycles. The Morgan fingerprint density at radius 3 is 2.81 bits per heavy atom. The topological polar surface area (TPSA) is 68.2 Å². The summed E-state index contributed by atoms with van der Waals surface area (Å²) in [7, 11) is 1.83. The lowest BCUT2D eigenvalue weighted by Gasteiger charge is -2.16. The van der Waals surface area contributed by atoms with Gasteiger partial charge in [-0.2, -0.15) is 5.10 Å². The zero-order chi connectivity index (χ0) is 21.8. The molecule has 1 amide bonds. The minimum Gasteiger partial charge on any atom is -0.493 e. The van der Waals surface area contributed by atoms with Gasteiger partial charge in [0.2, 0.25) is 0 Å². The van der Waals surface area contributed by atoms with Crippen molar-refractivity contribution >= 4 is 11.6 Å². The molecule has 0 aliphatic carbocycles. The highest BCUT2D eigenvalue weighted by molar-refractivity contribution is 6.04. The van der Waals surface area contributed by atoms with Crippen molar-refractivity contribution < 1.29 is 18.3 Å². The molecule has 1 aliphatic heterocycles. The average Bonchev–Trinajstić information content (AvgIpc) is 3.42. The summed E-state index contributed by atoms with van der Waals surface area (Å²) in [6.07, 6.45) is 4.96. The first-order chi connectivity index (χ1) is 15.0. The first kappa shape index (κ1) is 21.0. The predicted octanol–water partition coefficient (Wildman–Crippen LogP) is 4.14. The molecule has 6 nitrogen and oxygen atoms in total. The van der Waals surface area contributed by atoms with E-state index in [1.807, 2.05) is 13.1 Å². The van der Waals surface area contributed by atoms with Crippen LogP contribution in [0.2, 0.25) is 0 Å². The number of halogens is 2. The second kappa shape index (κ2) is 9.26. The third-order valence-corrected chi connectivity index (χ3v) is 5.40. The summed E-state index contributed by atoms with van der Waals surface area (Å²) in [5.74, 6) is -1.91. The van der Waals surface area contributed by atoms with Crippen molar-refractivity contribution in [3.63, 3.8) is 0 Å². The minimum atomic E-state index is -1.07. The number of carbonyl (C=O) groups excluding carboxylic acids is 1. The molecule has 1 fully saturated rings. The van der Waals surface area contributed by atoms with Crippen LogP contribution < -0.4 is 15.4 Å². The molecule has 1 aliphatic rings. The van der Waals surface area contributed by atoms with Crippen LogP contribution in [0, 0.1) is 11.6 Å². The van der Waals surface area contributed by atoms with Gasteiger partial charge in [0, 0.05) is 36.1 Å². The fourth-order valence-electron chi connectivity index (χ4n) is 3.73. The van der Waals surface area contributed by atoms with Crippen LogP contribution in [0.25, 0.3) is 11.3 Å². The molecule has 1 atom stereocenters. The Bertz CT molecular complexity index is 1080. The molecule has 0 saturated carbocycles. The van der Waals surface area contributed by atoms with Crippen LogP contribution in [0.1, 0.15) is 29.6 Å². The summed E-state index contributed by atoms with van der Waals surface area (Å²) in [6.45, 7) is 1.63. The molecule has 0 bridgehead atoms. The van der Waals surface area contributed by atoms with Crippen molar-refractivity contribution in [2.75, 3.05) is 18.5 Å². The first-order valence-electron chi connectivity index (χ1n) is 10.3. The number of ether oxygens (including phenoxy) is 1. The van der Waals surface area contributed by atoms with E-state index < -0.39 is 17.5 Å². The number of amides is 1. The van der Waals surface area contributed by atoms with Gasteiger partial charge in [-0.3, -0.25) is 9.48 Å². The summed E-state index contributed by atoms with van der Waals surface area (Å²) in [5, 5.41) is 10.4. The Balaban J connectivity index is 1.54. The van der Waals surface area contributed by atoms with Gasteiger partial charge in [0.05, 0.1) is 12.3 Å². The number of rotatable bonds is 7. The summed E-state index contributed by atoms with van der Waals surface area (Å²) in [4.78, 5) is 12.5. The van der Waals surface area contributed by atoms with E-state index in [-0.39, 0.29) is 5.56 Å². The number of anilines is 1. The third kappa shape index (κ3) is 4.91. The zero-order valence-electron chi connectivity index (χ0n) is 17.2. The molecule has 2 heterocycles. The Labute approximate surface area is 179 Å². The number of nitrogens with zero attached hydrogens (tertiary/aromatic N) is 2. The van der Waals surface area contributed by atoms with Crippen molar-refractivity contribution in [1.82, 2.24) is 15.1 Å². The Morgan fingerprint density at radius 2 is 2.10 bits per heavy atom. The lowest BCUT2D eigenvalue weighted by Crippen LogP contribution is -2.23. The largest absolute Gasteiger partial charge is 0.493 e. The normalized spacial score (nSPS) is 15.8. The zero-order valence-corrected chi connectivity index (χ0v) is 17.2. The van der Waals surface area contributed by atoms with Gasteiger partial charge < -0.3 is 15.4 Å². The fraction of sp³-hybridized carbons (Fsp3) is 0.304. The molecule has 162 valence electrons. The summed E-state index contributed by atoms with van der Waals surface area (Å²) in [6, 6.07) is 10.7. The van der Waals surface area contributed by atoms with Crippen LogP contribution in [-0.4, -0.2) is 34.9 Å². The van der Waals surface area contributed by atoms with E-state index >= 15 is 0 Å². The van der Waals surface area contributed by atoms with E-state index in [9.17, 15) is 13.6 Å². The van der Waals surface area contributed by atoms with Crippen LogP contribution >= 0.6 is 0 Å². The molecule has 0 spiro atoms. The number of hydrogen-bond acceptors (Lipinski definition) is 4. The maximum atomic E-state index is 13.5. The fourth-order valence-corrected chi connectivity index (χ4v) is 3.73. The lowest BCUT2D eigenvalue weighted by atomic mass is 10.1. The monoisotopic (exact) mass is 426 g/mol. The first-order valence-corrected chi connectivity index (χ1v) is 10.3. The molecule has 1 aromatic heterocycles. The number of aryl methyl sites for hydroxylation is 1.